The molecule has 1 aliphatic heterocycles. The normalized spacial score (nSPS) is 12.8. The molecule has 0 bridgehead atoms. The topological polar surface area (TPSA) is 83.7 Å². The Morgan fingerprint density at radius 1 is 1.06 bits per heavy atom. The number of hydrogen-bond donors (Lipinski definition) is 2. The summed E-state index contributed by atoms with van der Waals surface area (Å²) < 4.78 is 11.3. The van der Waals surface area contributed by atoms with Gasteiger partial charge in [-0.15, -0.1) is 0 Å². The lowest BCUT2D eigenvalue weighted by molar-refractivity contribution is -0.121. The van der Waals surface area contributed by atoms with E-state index in [0.29, 0.717) is 30.3 Å². The average Bonchev–Trinajstić information content (AvgIpc) is 3.24. The second kappa shape index (κ2) is 9.08. The summed E-state index contributed by atoms with van der Waals surface area (Å²) in [6.45, 7) is 0.688. The monoisotopic (exact) mass is 441 g/mol. The molecule has 2 N–H and O–H groups in total. The van der Waals surface area contributed by atoms with E-state index in [4.69, 9.17) is 9.47 Å². The lowest BCUT2D eigenvalue weighted by Crippen LogP contribution is -2.41. The highest BCUT2D eigenvalue weighted by Crippen LogP contribution is 2.34. The molecule has 1 aromatic heterocycles. The standard InChI is InChI=1S/C26H23N3O4/c30-25(14-18-16-27-22-9-5-4-8-21(18)22)28-19-10-11-24-23(15-19)29(26(31)17-33-24)12-13-32-20-6-2-1-3-7-20/h1-11,15-16,27H,12-14,17H2,(H,28,30). The van der Waals surface area contributed by atoms with Crippen molar-refractivity contribution in [1.82, 2.24) is 4.98 Å². The van der Waals surface area contributed by atoms with Crippen molar-refractivity contribution in [1.29, 1.82) is 0 Å². The highest BCUT2D eigenvalue weighted by Gasteiger charge is 2.26. The zero-order chi connectivity index (χ0) is 22.6. The van der Waals surface area contributed by atoms with Gasteiger partial charge >= 0.3 is 0 Å². The van der Waals surface area contributed by atoms with Gasteiger partial charge in [-0.05, 0) is 42.0 Å². The molecule has 0 saturated carbocycles. The molecule has 0 aliphatic carbocycles. The molecule has 0 radical (unpaired) electrons. The number of anilines is 2. The number of ether oxygens (including phenoxy) is 2. The molecule has 0 unspecified atom stereocenters. The van der Waals surface area contributed by atoms with E-state index in [1.807, 2.05) is 60.8 Å². The van der Waals surface area contributed by atoms with Gasteiger partial charge in [0.1, 0.15) is 18.1 Å². The van der Waals surface area contributed by atoms with Crippen LogP contribution in [-0.2, 0) is 16.0 Å². The van der Waals surface area contributed by atoms with E-state index in [1.54, 1.807) is 23.1 Å². The number of amides is 2. The fourth-order valence-corrected chi connectivity index (χ4v) is 3.95. The third kappa shape index (κ3) is 4.52. The quantitative estimate of drug-likeness (QED) is 0.451. The molecular weight excluding hydrogens is 418 g/mol. The largest absolute Gasteiger partial charge is 0.492 e. The number of H-pyrrole nitrogens is 1. The Bertz CT molecular complexity index is 1300. The summed E-state index contributed by atoms with van der Waals surface area (Å²) in [5.41, 5.74) is 3.15. The number of para-hydroxylation sites is 2. The minimum absolute atomic E-state index is 0.0232. The molecule has 2 heterocycles. The molecule has 7 heteroatoms. The Hall–Kier alpha value is -4.26. The molecular formula is C26H23N3O4. The first kappa shape index (κ1) is 20.6. The van der Waals surface area contributed by atoms with Crippen LogP contribution in [0.2, 0.25) is 0 Å². The maximum absolute atomic E-state index is 12.7. The van der Waals surface area contributed by atoms with Crippen molar-refractivity contribution >= 4 is 34.1 Å². The summed E-state index contributed by atoms with van der Waals surface area (Å²) in [4.78, 5) is 30.1. The second-order valence-electron chi connectivity index (χ2n) is 7.76. The SMILES string of the molecule is O=C(Cc1c[nH]c2ccccc12)Nc1ccc2c(c1)N(CCOc1ccccc1)C(=O)CO2. The molecule has 1 aliphatic rings. The molecule has 5 rings (SSSR count). The van der Waals surface area contributed by atoms with Crippen LogP contribution < -0.4 is 19.7 Å². The Morgan fingerprint density at radius 2 is 1.88 bits per heavy atom. The van der Waals surface area contributed by atoms with Gasteiger partial charge in [0.25, 0.3) is 5.91 Å². The first-order valence-corrected chi connectivity index (χ1v) is 10.8. The van der Waals surface area contributed by atoms with Crippen molar-refractivity contribution in [3.8, 4) is 11.5 Å². The highest BCUT2D eigenvalue weighted by molar-refractivity contribution is 6.00. The number of carbonyl (C=O) groups is 2. The first-order valence-electron chi connectivity index (χ1n) is 10.8. The molecule has 4 aromatic rings. The molecule has 0 saturated heterocycles. The fraction of sp³-hybridized carbons (Fsp3) is 0.154. The number of carbonyl (C=O) groups excluding carboxylic acids is 2. The van der Waals surface area contributed by atoms with Gasteiger partial charge in [0.2, 0.25) is 5.91 Å². The third-order valence-electron chi connectivity index (χ3n) is 5.54. The van der Waals surface area contributed by atoms with Crippen LogP contribution in [0.5, 0.6) is 11.5 Å². The maximum Gasteiger partial charge on any atom is 0.265 e. The minimum atomic E-state index is -0.151. The summed E-state index contributed by atoms with van der Waals surface area (Å²) in [5, 5.41) is 3.96. The average molecular weight is 441 g/mol. The molecule has 0 fully saturated rings. The summed E-state index contributed by atoms with van der Waals surface area (Å²) in [6.07, 6.45) is 2.10. The highest BCUT2D eigenvalue weighted by atomic mass is 16.5. The van der Waals surface area contributed by atoms with Crippen molar-refractivity contribution < 1.29 is 19.1 Å². The van der Waals surface area contributed by atoms with Crippen LogP contribution in [0.1, 0.15) is 5.56 Å². The zero-order valence-electron chi connectivity index (χ0n) is 17.9. The Balaban J connectivity index is 1.28. The van der Waals surface area contributed by atoms with Crippen molar-refractivity contribution in [2.24, 2.45) is 0 Å². The van der Waals surface area contributed by atoms with E-state index >= 15 is 0 Å². The van der Waals surface area contributed by atoms with Gasteiger partial charge in [-0.3, -0.25) is 9.59 Å². The van der Waals surface area contributed by atoms with Gasteiger partial charge < -0.3 is 24.7 Å². The first-order chi connectivity index (χ1) is 16.2. The minimum Gasteiger partial charge on any atom is -0.492 e. The predicted molar refractivity (Wildman–Crippen MR) is 127 cm³/mol. The third-order valence-corrected chi connectivity index (χ3v) is 5.54. The molecule has 166 valence electrons. The van der Waals surface area contributed by atoms with E-state index in [9.17, 15) is 9.59 Å². The van der Waals surface area contributed by atoms with Crippen molar-refractivity contribution in [2.45, 2.75) is 6.42 Å². The van der Waals surface area contributed by atoms with Gasteiger partial charge in [-0.1, -0.05) is 36.4 Å². The van der Waals surface area contributed by atoms with E-state index in [2.05, 4.69) is 10.3 Å². The number of nitrogens with zero attached hydrogens (tertiary/aromatic N) is 1. The lowest BCUT2D eigenvalue weighted by Gasteiger charge is -2.29. The van der Waals surface area contributed by atoms with Crippen molar-refractivity contribution in [3.05, 3.63) is 84.6 Å². The van der Waals surface area contributed by atoms with Gasteiger partial charge in [0.15, 0.2) is 6.61 Å². The van der Waals surface area contributed by atoms with E-state index in [-0.39, 0.29) is 24.8 Å². The van der Waals surface area contributed by atoms with Crippen LogP contribution in [0.25, 0.3) is 10.9 Å². The molecule has 3 aromatic carbocycles. The van der Waals surface area contributed by atoms with E-state index in [0.717, 1.165) is 22.2 Å². The van der Waals surface area contributed by atoms with Crippen molar-refractivity contribution in [2.75, 3.05) is 30.0 Å². The molecule has 0 spiro atoms. The van der Waals surface area contributed by atoms with Crippen LogP contribution >= 0.6 is 0 Å². The zero-order valence-corrected chi connectivity index (χ0v) is 17.9. The number of benzene rings is 3. The lowest BCUT2D eigenvalue weighted by atomic mass is 10.1. The van der Waals surface area contributed by atoms with Crippen LogP contribution in [0.3, 0.4) is 0 Å². The van der Waals surface area contributed by atoms with Gasteiger partial charge in [-0.25, -0.2) is 0 Å². The Morgan fingerprint density at radius 3 is 2.76 bits per heavy atom. The fourth-order valence-electron chi connectivity index (χ4n) is 3.95. The smallest absolute Gasteiger partial charge is 0.265 e. The predicted octanol–water partition coefficient (Wildman–Crippen LogP) is 4.15. The number of rotatable bonds is 7. The Kier molecular flexibility index (Phi) is 5.68. The number of fused-ring (bicyclic) bond motifs is 2. The molecule has 33 heavy (non-hydrogen) atoms. The summed E-state index contributed by atoms with van der Waals surface area (Å²) in [6, 6.07) is 22.7. The second-order valence-corrected chi connectivity index (χ2v) is 7.76. The van der Waals surface area contributed by atoms with Crippen LogP contribution in [0.4, 0.5) is 11.4 Å². The summed E-state index contributed by atoms with van der Waals surface area (Å²) >= 11 is 0. The number of nitrogens with one attached hydrogen (secondary N) is 2. The van der Waals surface area contributed by atoms with Gasteiger partial charge in [0.05, 0.1) is 18.7 Å². The van der Waals surface area contributed by atoms with Gasteiger partial charge in [0, 0.05) is 22.8 Å². The molecule has 0 atom stereocenters. The summed E-state index contributed by atoms with van der Waals surface area (Å²) in [5.74, 6) is 1.06. The van der Waals surface area contributed by atoms with Crippen LogP contribution in [0, 0.1) is 0 Å². The van der Waals surface area contributed by atoms with E-state index in [1.165, 1.54) is 0 Å². The molecule has 7 nitrogen and oxygen atoms in total. The van der Waals surface area contributed by atoms with Crippen LogP contribution in [0.15, 0.2) is 79.0 Å². The number of hydrogen-bond acceptors (Lipinski definition) is 4. The van der Waals surface area contributed by atoms with Crippen molar-refractivity contribution in [3.63, 3.8) is 0 Å². The Labute approximate surface area is 190 Å². The van der Waals surface area contributed by atoms with Gasteiger partial charge in [-0.2, -0.15) is 0 Å². The number of aromatic amines is 1. The molecule has 2 amide bonds. The number of aromatic nitrogens is 1. The summed E-state index contributed by atoms with van der Waals surface area (Å²) in [7, 11) is 0. The van der Waals surface area contributed by atoms with E-state index < -0.39 is 0 Å². The maximum atomic E-state index is 12.7. The van der Waals surface area contributed by atoms with Crippen LogP contribution in [-0.4, -0.2) is 36.6 Å².